The van der Waals surface area contributed by atoms with E-state index in [-0.39, 0.29) is 58.0 Å². The number of nitrogens with zero attached hydrogens (tertiary/aromatic N) is 2. The monoisotopic (exact) mass is 914 g/mol. The van der Waals surface area contributed by atoms with Crippen LogP contribution in [0.2, 0.25) is 0 Å². The van der Waals surface area contributed by atoms with E-state index < -0.39 is 11.9 Å². The van der Waals surface area contributed by atoms with Crippen molar-refractivity contribution in [1.82, 2.24) is 0 Å². The van der Waals surface area contributed by atoms with Crippen molar-refractivity contribution >= 4 is 11.9 Å². The minimum absolute atomic E-state index is 0.00774. The summed E-state index contributed by atoms with van der Waals surface area (Å²) >= 11 is 0. The molecule has 0 aromatic heterocycles. The van der Waals surface area contributed by atoms with Gasteiger partial charge in [-0.1, -0.05) is 24.3 Å². The van der Waals surface area contributed by atoms with Crippen LogP contribution in [0.1, 0.15) is 87.8 Å². The molecule has 14 nitrogen and oxygen atoms in total. The first kappa shape index (κ1) is 50.0. The SMILES string of the molecule is COc1cc(C[C@@H]2c3cc(CO)c(CO)cc3CC[N@@+]2(C)CCCOC(=O)CCC(=O)OCCC[N@+]2(C)CCc3cc(OC)c(OC)cc3[C@H]2Cc2ccc(OC)c(OC)c2)ccc1CO. The van der Waals surface area contributed by atoms with Gasteiger partial charge in [-0.25, -0.2) is 0 Å². The van der Waals surface area contributed by atoms with Gasteiger partial charge in [-0.3, -0.25) is 9.59 Å². The molecule has 4 aromatic rings. The second-order valence-corrected chi connectivity index (χ2v) is 18.0. The van der Waals surface area contributed by atoms with Gasteiger partial charge in [-0.15, -0.1) is 0 Å². The second-order valence-electron chi connectivity index (χ2n) is 18.0. The Morgan fingerprint density at radius 3 is 1.48 bits per heavy atom. The highest BCUT2D eigenvalue weighted by Crippen LogP contribution is 2.44. The lowest BCUT2D eigenvalue weighted by atomic mass is 9.84. The van der Waals surface area contributed by atoms with Crippen LogP contribution >= 0.6 is 0 Å². The quantitative estimate of drug-likeness (QED) is 0.0445. The van der Waals surface area contributed by atoms with Gasteiger partial charge in [-0.05, 0) is 69.8 Å². The van der Waals surface area contributed by atoms with Crippen LogP contribution in [0.3, 0.4) is 0 Å². The molecule has 2 aliphatic rings. The third kappa shape index (κ3) is 11.6. The van der Waals surface area contributed by atoms with E-state index in [9.17, 15) is 24.9 Å². The molecule has 0 saturated heterocycles. The second kappa shape index (κ2) is 22.9. The van der Waals surface area contributed by atoms with E-state index in [1.807, 2.05) is 42.5 Å². The third-order valence-corrected chi connectivity index (χ3v) is 14.0. The van der Waals surface area contributed by atoms with E-state index in [0.717, 1.165) is 77.7 Å². The predicted molar refractivity (Wildman–Crippen MR) is 249 cm³/mol. The van der Waals surface area contributed by atoms with Crippen molar-refractivity contribution in [1.29, 1.82) is 0 Å². The third-order valence-electron chi connectivity index (χ3n) is 14.0. The predicted octanol–water partition coefficient (Wildman–Crippen LogP) is 6.13. The summed E-state index contributed by atoms with van der Waals surface area (Å²) in [6.07, 6.45) is 4.20. The van der Waals surface area contributed by atoms with Gasteiger partial charge in [0.15, 0.2) is 23.0 Å². The number of esters is 2. The highest BCUT2D eigenvalue weighted by Gasteiger charge is 2.41. The van der Waals surface area contributed by atoms with Gasteiger partial charge in [0, 0.05) is 55.2 Å². The molecule has 0 unspecified atom stereocenters. The minimum atomic E-state index is -0.439. The first-order chi connectivity index (χ1) is 31.9. The van der Waals surface area contributed by atoms with E-state index in [1.165, 1.54) is 11.1 Å². The Hall–Kier alpha value is -5.38. The van der Waals surface area contributed by atoms with Crippen molar-refractivity contribution in [2.24, 2.45) is 0 Å². The Morgan fingerprint density at radius 1 is 0.530 bits per heavy atom. The summed E-state index contributed by atoms with van der Waals surface area (Å²) in [6, 6.07) is 20.2. The van der Waals surface area contributed by atoms with Gasteiger partial charge < -0.3 is 57.4 Å². The lowest BCUT2D eigenvalue weighted by Gasteiger charge is -2.46. The number of rotatable bonds is 23. The van der Waals surface area contributed by atoms with Crippen molar-refractivity contribution in [3.8, 4) is 28.7 Å². The first-order valence-corrected chi connectivity index (χ1v) is 22.9. The minimum Gasteiger partial charge on any atom is -0.496 e. The van der Waals surface area contributed by atoms with Gasteiger partial charge in [0.2, 0.25) is 0 Å². The number of fused-ring (bicyclic) bond motifs is 2. The van der Waals surface area contributed by atoms with Crippen LogP contribution in [-0.4, -0.2) is 125 Å². The van der Waals surface area contributed by atoms with Crippen LogP contribution in [-0.2, 0) is 64.6 Å². The zero-order valence-electron chi connectivity index (χ0n) is 39.9. The molecule has 0 radical (unpaired) electrons. The summed E-state index contributed by atoms with van der Waals surface area (Å²) < 4.78 is 40.8. The van der Waals surface area contributed by atoms with Gasteiger partial charge in [-0.2, -0.15) is 0 Å². The average Bonchev–Trinajstić information content (AvgIpc) is 3.34. The molecule has 2 aliphatic heterocycles. The molecule has 6 rings (SSSR count). The number of carbonyl (C=O) groups is 2. The molecule has 3 N–H and O–H groups in total. The maximum atomic E-state index is 12.9. The standard InChI is InChI=1S/C52H70N2O12/c1-53(20-16-37-28-40(33-56)41(34-57)29-42(37)44(53)24-35-10-12-39(32-55)47(26-35)61-4)18-8-22-65-51(58)14-15-52(59)66-23-9-19-54(2)21-17-38-30-49(63-6)50(64-7)31-43(38)45(54)25-36-11-13-46(60-3)48(27-36)62-5/h10-13,26-31,44-45,55-57H,8-9,14-25,32-34H2,1-7H3/q+2/t44-,45-,53-,54-/m1/s1. The first-order valence-electron chi connectivity index (χ1n) is 22.9. The van der Waals surface area contributed by atoms with Crippen LogP contribution < -0.4 is 23.7 Å². The maximum Gasteiger partial charge on any atom is 0.306 e. The van der Waals surface area contributed by atoms with E-state index in [4.69, 9.17) is 33.2 Å². The smallest absolute Gasteiger partial charge is 0.306 e. The highest BCUT2D eigenvalue weighted by atomic mass is 16.5. The molecule has 0 aliphatic carbocycles. The van der Waals surface area contributed by atoms with Gasteiger partial charge in [0.1, 0.15) is 17.8 Å². The molecule has 4 atom stereocenters. The van der Waals surface area contributed by atoms with E-state index in [1.54, 1.807) is 35.5 Å². The van der Waals surface area contributed by atoms with Crippen molar-refractivity contribution in [2.45, 2.75) is 83.3 Å². The molecule has 0 saturated carbocycles. The van der Waals surface area contributed by atoms with Gasteiger partial charge >= 0.3 is 11.9 Å². The molecule has 0 fully saturated rings. The summed E-state index contributed by atoms with van der Waals surface area (Å²) in [4.78, 5) is 25.8. The van der Waals surface area contributed by atoms with E-state index in [0.29, 0.717) is 63.6 Å². The number of hydrogen-bond donors (Lipinski definition) is 3. The number of hydrogen-bond acceptors (Lipinski definition) is 12. The number of benzene rings is 4. The van der Waals surface area contributed by atoms with Crippen molar-refractivity contribution < 1.29 is 67.0 Å². The molecule has 358 valence electrons. The maximum absolute atomic E-state index is 12.9. The van der Waals surface area contributed by atoms with Gasteiger partial charge in [0.25, 0.3) is 0 Å². The van der Waals surface area contributed by atoms with Crippen LogP contribution in [0.5, 0.6) is 28.7 Å². The molecule has 0 bridgehead atoms. The Balaban J connectivity index is 1.01. The van der Waals surface area contributed by atoms with Crippen LogP contribution in [0, 0.1) is 0 Å². The largest absolute Gasteiger partial charge is 0.496 e. The number of aliphatic hydroxyl groups excluding tert-OH is 3. The molecule has 14 heteroatoms. The van der Waals surface area contributed by atoms with Crippen LogP contribution in [0.4, 0.5) is 0 Å². The summed E-state index contributed by atoms with van der Waals surface area (Å²) in [5, 5.41) is 30.0. The Morgan fingerprint density at radius 2 is 0.970 bits per heavy atom. The average molecular weight is 915 g/mol. The lowest BCUT2D eigenvalue weighted by Crippen LogP contribution is -2.52. The summed E-state index contributed by atoms with van der Waals surface area (Å²) in [5.74, 6) is 2.50. The zero-order valence-corrected chi connectivity index (χ0v) is 39.9. The molecule has 2 heterocycles. The highest BCUT2D eigenvalue weighted by molar-refractivity contribution is 5.77. The normalized spacial score (nSPS) is 19.8. The molecule has 0 spiro atoms. The molecular weight excluding hydrogens is 845 g/mol. The summed E-state index contributed by atoms with van der Waals surface area (Å²) in [7, 11) is 12.6. The lowest BCUT2D eigenvalue weighted by molar-refractivity contribution is -0.941. The fraction of sp³-hybridized carbons (Fsp3) is 0.500. The zero-order chi connectivity index (χ0) is 47.4. The number of likely N-dealkylation sites (N-methyl/N-ethyl adjacent to an activating group) is 2. The van der Waals surface area contributed by atoms with Crippen LogP contribution in [0.25, 0.3) is 0 Å². The molecule has 0 amide bonds. The van der Waals surface area contributed by atoms with Crippen LogP contribution in [0.15, 0.2) is 60.7 Å². The van der Waals surface area contributed by atoms with Crippen molar-refractivity contribution in [2.75, 3.05) is 89.0 Å². The fourth-order valence-electron chi connectivity index (χ4n) is 10.0. The Labute approximate surface area is 389 Å². The van der Waals surface area contributed by atoms with Crippen molar-refractivity contribution in [3.63, 3.8) is 0 Å². The molecular formula is C52H70N2O12+2. The fourth-order valence-corrected chi connectivity index (χ4v) is 10.0. The number of methoxy groups -OCH3 is 5. The number of ether oxygens (including phenoxy) is 7. The summed E-state index contributed by atoms with van der Waals surface area (Å²) in [6.45, 7) is 3.22. The topological polar surface area (TPSA) is 159 Å². The van der Waals surface area contributed by atoms with E-state index >= 15 is 0 Å². The number of carbonyl (C=O) groups excluding carboxylic acids is 2. The summed E-state index contributed by atoms with van der Waals surface area (Å²) in [5.41, 5.74) is 9.01. The number of aliphatic hydroxyl groups is 3. The number of quaternary nitrogens is 2. The van der Waals surface area contributed by atoms with Crippen molar-refractivity contribution in [3.05, 3.63) is 111 Å². The van der Waals surface area contributed by atoms with E-state index in [2.05, 4.69) is 32.3 Å². The van der Waals surface area contributed by atoms with Gasteiger partial charge in [0.05, 0.1) is 122 Å². The molecule has 66 heavy (non-hydrogen) atoms. The Bertz CT molecular complexity index is 2140. The molecule has 4 aromatic carbocycles. The Kier molecular flexibility index (Phi) is 17.4.